The summed E-state index contributed by atoms with van der Waals surface area (Å²) in [6.07, 6.45) is 70.2. The monoisotopic (exact) mass is 927 g/mol. The van der Waals surface area contributed by atoms with Crippen LogP contribution >= 0.6 is 0 Å². The highest BCUT2D eigenvalue weighted by molar-refractivity contribution is 5.70. The smallest absolute Gasteiger partial charge is 0.306 e. The molecule has 0 spiro atoms. The van der Waals surface area contributed by atoms with E-state index in [4.69, 9.17) is 14.2 Å². The third kappa shape index (κ3) is 54.7. The van der Waals surface area contributed by atoms with E-state index < -0.39 is 6.10 Å². The summed E-state index contributed by atoms with van der Waals surface area (Å²) in [7, 11) is 0. The first-order chi connectivity index (χ1) is 32.6. The Morgan fingerprint density at radius 3 is 1.05 bits per heavy atom. The zero-order chi connectivity index (χ0) is 47.7. The molecule has 0 amide bonds. The maximum Gasteiger partial charge on any atom is 0.306 e. The largest absolute Gasteiger partial charge is 0.462 e. The predicted molar refractivity (Wildman–Crippen MR) is 288 cm³/mol. The van der Waals surface area contributed by atoms with Crippen LogP contribution in [0.4, 0.5) is 0 Å². The molecule has 0 fully saturated rings. The van der Waals surface area contributed by atoms with Gasteiger partial charge in [0.25, 0.3) is 0 Å². The second-order valence-corrected chi connectivity index (χ2v) is 19.9. The first-order valence-electron chi connectivity index (χ1n) is 29.5. The van der Waals surface area contributed by atoms with E-state index in [1.807, 2.05) is 0 Å². The molecule has 0 aliphatic rings. The summed E-state index contributed by atoms with van der Waals surface area (Å²) in [6, 6.07) is 0. The van der Waals surface area contributed by atoms with E-state index in [1.54, 1.807) is 0 Å². The van der Waals surface area contributed by atoms with Gasteiger partial charge in [-0.25, -0.2) is 0 Å². The molecule has 0 rings (SSSR count). The van der Waals surface area contributed by atoms with Crippen molar-refractivity contribution in [3.8, 4) is 0 Å². The fourth-order valence-electron chi connectivity index (χ4n) is 8.71. The van der Waals surface area contributed by atoms with Crippen LogP contribution in [0.5, 0.6) is 0 Å². The minimum atomic E-state index is -0.542. The van der Waals surface area contributed by atoms with Crippen molar-refractivity contribution >= 4 is 11.9 Å². The molecule has 5 nitrogen and oxygen atoms in total. The zero-order valence-corrected chi connectivity index (χ0v) is 44.7. The van der Waals surface area contributed by atoms with Crippen molar-refractivity contribution in [3.63, 3.8) is 0 Å². The molecule has 5 heteroatoms. The molecular weight excluding hydrogens is 813 g/mol. The molecule has 388 valence electrons. The second-order valence-electron chi connectivity index (χ2n) is 19.9. The van der Waals surface area contributed by atoms with Gasteiger partial charge in [-0.05, 0) is 77.0 Å². The lowest BCUT2D eigenvalue weighted by atomic mass is 10.0. The van der Waals surface area contributed by atoms with Crippen LogP contribution in [0.3, 0.4) is 0 Å². The van der Waals surface area contributed by atoms with E-state index in [2.05, 4.69) is 57.2 Å². The van der Waals surface area contributed by atoms with Crippen LogP contribution in [0.25, 0.3) is 0 Å². The van der Waals surface area contributed by atoms with Crippen molar-refractivity contribution in [2.75, 3.05) is 19.8 Å². The molecule has 0 bridgehead atoms. The number of allylic oxidation sites excluding steroid dienone is 6. The molecule has 0 heterocycles. The fourth-order valence-corrected chi connectivity index (χ4v) is 8.71. The van der Waals surface area contributed by atoms with Gasteiger partial charge in [0.2, 0.25) is 0 Å². The van der Waals surface area contributed by atoms with Crippen molar-refractivity contribution in [1.29, 1.82) is 0 Å². The molecule has 0 radical (unpaired) electrons. The van der Waals surface area contributed by atoms with Gasteiger partial charge in [0.15, 0.2) is 6.10 Å². The molecule has 0 aliphatic carbocycles. The van der Waals surface area contributed by atoms with Crippen LogP contribution in [0, 0.1) is 0 Å². The van der Waals surface area contributed by atoms with Crippen molar-refractivity contribution in [3.05, 3.63) is 36.5 Å². The summed E-state index contributed by atoms with van der Waals surface area (Å²) in [4.78, 5) is 25.5. The molecule has 0 saturated heterocycles. The number of hydrogen-bond acceptors (Lipinski definition) is 5. The van der Waals surface area contributed by atoms with E-state index in [0.717, 1.165) is 57.8 Å². The van der Waals surface area contributed by atoms with Crippen LogP contribution in [0.1, 0.15) is 316 Å². The molecule has 0 saturated carbocycles. The average Bonchev–Trinajstić information content (AvgIpc) is 3.32. The summed E-state index contributed by atoms with van der Waals surface area (Å²) in [6.45, 7) is 7.83. The second kappa shape index (κ2) is 57.4. The van der Waals surface area contributed by atoms with Gasteiger partial charge in [0.1, 0.15) is 6.61 Å². The normalized spacial score (nSPS) is 12.3. The molecular formula is C61H114O5. The summed E-state index contributed by atoms with van der Waals surface area (Å²) < 4.78 is 17.5. The van der Waals surface area contributed by atoms with Gasteiger partial charge in [-0.15, -0.1) is 0 Å². The van der Waals surface area contributed by atoms with E-state index in [9.17, 15) is 9.59 Å². The molecule has 1 atom stereocenters. The molecule has 0 aromatic rings. The lowest BCUT2D eigenvalue weighted by Crippen LogP contribution is -2.30. The predicted octanol–water partition coefficient (Wildman–Crippen LogP) is 20.1. The van der Waals surface area contributed by atoms with E-state index in [0.29, 0.717) is 19.4 Å². The Kier molecular flexibility index (Phi) is 55.8. The standard InChI is InChI=1S/C61H114O5/c1-4-7-10-13-16-19-22-25-28-30-31-32-34-36-39-42-45-48-51-54-60(62)65-58-59(57-64-56-53-50-47-44-41-38-35-29-26-23-20-17-14-11-8-5-2)66-61(63)55-52-49-46-43-40-37-33-27-24-21-18-15-12-9-6-3/h17,20,26-27,29,33,59H,4-16,18-19,21-25,28,30-32,34-58H2,1-3H3/b20-17-,29-26-,33-27-. The summed E-state index contributed by atoms with van der Waals surface area (Å²) in [5, 5.41) is 0. The number of carbonyl (C=O) groups excluding carboxylic acids is 2. The van der Waals surface area contributed by atoms with Crippen molar-refractivity contribution in [2.45, 2.75) is 322 Å². The van der Waals surface area contributed by atoms with Gasteiger partial charge in [0.05, 0.1) is 6.61 Å². The third-order valence-electron chi connectivity index (χ3n) is 13.1. The highest BCUT2D eigenvalue weighted by Crippen LogP contribution is 2.16. The summed E-state index contributed by atoms with van der Waals surface area (Å²) in [5.41, 5.74) is 0. The van der Waals surface area contributed by atoms with Gasteiger partial charge in [-0.1, -0.05) is 263 Å². The van der Waals surface area contributed by atoms with Crippen LogP contribution < -0.4 is 0 Å². The highest BCUT2D eigenvalue weighted by Gasteiger charge is 2.17. The third-order valence-corrected chi connectivity index (χ3v) is 13.1. The van der Waals surface area contributed by atoms with Crippen LogP contribution in [-0.2, 0) is 23.8 Å². The van der Waals surface area contributed by atoms with Crippen LogP contribution in [-0.4, -0.2) is 37.9 Å². The Hall–Kier alpha value is -1.88. The van der Waals surface area contributed by atoms with Gasteiger partial charge < -0.3 is 14.2 Å². The van der Waals surface area contributed by atoms with E-state index in [1.165, 1.54) is 225 Å². The fraction of sp³-hybridized carbons (Fsp3) is 0.869. The van der Waals surface area contributed by atoms with E-state index >= 15 is 0 Å². The van der Waals surface area contributed by atoms with Crippen molar-refractivity contribution in [2.24, 2.45) is 0 Å². The number of carbonyl (C=O) groups is 2. The molecule has 0 aliphatic heterocycles. The molecule has 0 aromatic carbocycles. The Labute approximate surface area is 412 Å². The van der Waals surface area contributed by atoms with Crippen molar-refractivity contribution in [1.82, 2.24) is 0 Å². The Balaban J connectivity index is 4.24. The highest BCUT2D eigenvalue weighted by atomic mass is 16.6. The van der Waals surface area contributed by atoms with Gasteiger partial charge >= 0.3 is 11.9 Å². The SMILES string of the molecule is CCCCC/C=C\C/C=C\CCCCCCCCOCC(COC(=O)CCCCCCCCCCCCCCCCCCCCC)OC(=O)CCCCCCC/C=C\CCCCCCCC. The zero-order valence-electron chi connectivity index (χ0n) is 44.7. The minimum absolute atomic E-state index is 0.0831. The maximum atomic E-state index is 12.9. The quantitative estimate of drug-likeness (QED) is 0.0345. The van der Waals surface area contributed by atoms with Crippen LogP contribution in [0.15, 0.2) is 36.5 Å². The molecule has 1 unspecified atom stereocenters. The van der Waals surface area contributed by atoms with Crippen molar-refractivity contribution < 1.29 is 23.8 Å². The number of unbranched alkanes of at least 4 members (excludes halogenated alkanes) is 38. The first-order valence-corrected chi connectivity index (χ1v) is 29.5. The van der Waals surface area contributed by atoms with E-state index in [-0.39, 0.29) is 25.2 Å². The Morgan fingerprint density at radius 1 is 0.333 bits per heavy atom. The lowest BCUT2D eigenvalue weighted by molar-refractivity contribution is -0.163. The summed E-state index contributed by atoms with van der Waals surface area (Å²) >= 11 is 0. The Morgan fingerprint density at radius 2 is 0.636 bits per heavy atom. The number of ether oxygens (including phenoxy) is 3. The van der Waals surface area contributed by atoms with Crippen LogP contribution in [0.2, 0.25) is 0 Å². The lowest BCUT2D eigenvalue weighted by Gasteiger charge is -2.18. The molecule has 66 heavy (non-hydrogen) atoms. The van der Waals surface area contributed by atoms with Gasteiger partial charge in [-0.3, -0.25) is 9.59 Å². The number of esters is 2. The topological polar surface area (TPSA) is 61.8 Å². The number of hydrogen-bond donors (Lipinski definition) is 0. The molecule has 0 N–H and O–H groups in total. The van der Waals surface area contributed by atoms with Gasteiger partial charge in [-0.2, -0.15) is 0 Å². The maximum absolute atomic E-state index is 12.9. The Bertz CT molecular complexity index is 1050. The summed E-state index contributed by atoms with van der Waals surface area (Å²) in [5.74, 6) is -0.393. The molecule has 0 aromatic heterocycles. The number of rotatable bonds is 55. The average molecular weight is 928 g/mol. The minimum Gasteiger partial charge on any atom is -0.462 e. The van der Waals surface area contributed by atoms with Gasteiger partial charge in [0, 0.05) is 19.4 Å². The first kappa shape index (κ1) is 64.1.